The summed E-state index contributed by atoms with van der Waals surface area (Å²) in [4.78, 5) is 10.8. The predicted octanol–water partition coefficient (Wildman–Crippen LogP) is 2.49. The highest BCUT2D eigenvalue weighted by molar-refractivity contribution is 14.0. The van der Waals surface area contributed by atoms with Crippen LogP contribution in [-0.4, -0.2) is 48.1 Å². The van der Waals surface area contributed by atoms with E-state index in [1.165, 1.54) is 5.52 Å². The molecular weight excluding hydrogens is 377 g/mol. The molecule has 0 spiro atoms. The first-order valence-corrected chi connectivity index (χ1v) is 6.93. The number of nitrogens with zero attached hydrogens (tertiary/aromatic N) is 4. The third-order valence-corrected chi connectivity index (χ3v) is 3.32. The first kappa shape index (κ1) is 17.7. The summed E-state index contributed by atoms with van der Waals surface area (Å²) >= 11 is 0. The van der Waals surface area contributed by atoms with Gasteiger partial charge in [0, 0.05) is 34.2 Å². The van der Waals surface area contributed by atoms with Gasteiger partial charge in [-0.3, -0.25) is 4.99 Å². The number of aliphatic imine (C=N–C) groups is 1. The first-order chi connectivity index (χ1) is 9.63. The molecule has 2 rings (SSSR count). The van der Waals surface area contributed by atoms with Gasteiger partial charge in [-0.15, -0.1) is 24.0 Å². The van der Waals surface area contributed by atoms with E-state index < -0.39 is 0 Å². The van der Waals surface area contributed by atoms with Gasteiger partial charge in [0.15, 0.2) is 5.96 Å². The molecule has 0 atom stereocenters. The van der Waals surface area contributed by atoms with Gasteiger partial charge in [-0.05, 0) is 25.5 Å². The lowest BCUT2D eigenvalue weighted by molar-refractivity contribution is 0.564. The smallest absolute Gasteiger partial charge is 0.193 e. The van der Waals surface area contributed by atoms with Crippen molar-refractivity contribution in [2.45, 2.75) is 19.9 Å². The predicted molar refractivity (Wildman–Crippen MR) is 99.6 cm³/mol. The molecule has 6 heteroatoms. The minimum absolute atomic E-state index is 0. The van der Waals surface area contributed by atoms with E-state index in [0.717, 1.165) is 36.8 Å². The summed E-state index contributed by atoms with van der Waals surface area (Å²) in [6.07, 6.45) is 1.04. The third kappa shape index (κ3) is 4.33. The zero-order chi connectivity index (χ0) is 14.5. The number of benzene rings is 1. The normalized spacial score (nSPS) is 11.3. The van der Waals surface area contributed by atoms with E-state index >= 15 is 0 Å². The number of para-hydroxylation sites is 2. The summed E-state index contributed by atoms with van der Waals surface area (Å²) in [6, 6.07) is 8.28. The van der Waals surface area contributed by atoms with Crippen molar-refractivity contribution in [3.8, 4) is 0 Å². The van der Waals surface area contributed by atoms with E-state index in [9.17, 15) is 0 Å². The van der Waals surface area contributed by atoms with Crippen LogP contribution in [0.15, 0.2) is 29.3 Å². The lowest BCUT2D eigenvalue weighted by atomic mass is 10.3. The van der Waals surface area contributed by atoms with Crippen LogP contribution in [0.25, 0.3) is 11.0 Å². The summed E-state index contributed by atoms with van der Waals surface area (Å²) in [6.45, 7) is 3.92. The molecule has 0 unspecified atom stereocenters. The number of guanidine groups is 1. The molecule has 1 heterocycles. The van der Waals surface area contributed by atoms with Gasteiger partial charge in [0.1, 0.15) is 5.82 Å². The van der Waals surface area contributed by atoms with Crippen LogP contribution in [0.3, 0.4) is 0 Å². The molecule has 2 aromatic rings. The van der Waals surface area contributed by atoms with Crippen molar-refractivity contribution in [2.24, 2.45) is 4.99 Å². The Bertz CT molecular complexity index is 603. The van der Waals surface area contributed by atoms with E-state index in [2.05, 4.69) is 45.0 Å². The Kier molecular flexibility index (Phi) is 6.94. The van der Waals surface area contributed by atoms with Crippen LogP contribution in [0.5, 0.6) is 0 Å². The van der Waals surface area contributed by atoms with E-state index in [-0.39, 0.29) is 24.0 Å². The fourth-order valence-electron chi connectivity index (χ4n) is 2.35. The van der Waals surface area contributed by atoms with Gasteiger partial charge >= 0.3 is 0 Å². The SMILES string of the molecule is CN=C(NCCCn1c(C)nc2ccccc21)N(C)C.I. The summed E-state index contributed by atoms with van der Waals surface area (Å²) in [5, 5.41) is 3.34. The Balaban J connectivity index is 0.00000220. The number of nitrogens with one attached hydrogen (secondary N) is 1. The average molecular weight is 401 g/mol. The summed E-state index contributed by atoms with van der Waals surface area (Å²) in [7, 11) is 5.78. The van der Waals surface area contributed by atoms with Crippen LogP contribution < -0.4 is 5.32 Å². The molecule has 21 heavy (non-hydrogen) atoms. The molecule has 0 fully saturated rings. The van der Waals surface area contributed by atoms with Crippen LogP contribution in [0.2, 0.25) is 0 Å². The minimum Gasteiger partial charge on any atom is -0.356 e. The monoisotopic (exact) mass is 401 g/mol. The second-order valence-electron chi connectivity index (χ2n) is 5.02. The van der Waals surface area contributed by atoms with E-state index in [0.29, 0.717) is 0 Å². The molecule has 1 aromatic heterocycles. The molecule has 1 aromatic carbocycles. The molecular formula is C15H24IN5. The Morgan fingerprint density at radius 3 is 2.71 bits per heavy atom. The zero-order valence-electron chi connectivity index (χ0n) is 13.1. The van der Waals surface area contributed by atoms with Gasteiger partial charge in [-0.2, -0.15) is 0 Å². The summed E-state index contributed by atoms with van der Waals surface area (Å²) in [5.41, 5.74) is 2.28. The fraction of sp³-hybridized carbons (Fsp3) is 0.467. The van der Waals surface area contributed by atoms with Crippen LogP contribution in [0, 0.1) is 6.92 Å². The molecule has 0 saturated carbocycles. The van der Waals surface area contributed by atoms with E-state index in [1.807, 2.05) is 25.1 Å². The van der Waals surface area contributed by atoms with Gasteiger partial charge in [-0.25, -0.2) is 4.98 Å². The topological polar surface area (TPSA) is 45.5 Å². The maximum atomic E-state index is 4.58. The summed E-state index contributed by atoms with van der Waals surface area (Å²) in [5.74, 6) is 1.99. The summed E-state index contributed by atoms with van der Waals surface area (Å²) < 4.78 is 2.27. The van der Waals surface area contributed by atoms with Crippen LogP contribution in [0.1, 0.15) is 12.2 Å². The molecule has 0 bridgehead atoms. The van der Waals surface area contributed by atoms with Gasteiger partial charge < -0.3 is 14.8 Å². The molecule has 116 valence electrons. The second kappa shape index (κ2) is 8.21. The van der Waals surface area contributed by atoms with Gasteiger partial charge in [-0.1, -0.05) is 12.1 Å². The van der Waals surface area contributed by atoms with Crippen LogP contribution in [0.4, 0.5) is 0 Å². The molecule has 1 N–H and O–H groups in total. The fourth-order valence-corrected chi connectivity index (χ4v) is 2.35. The number of rotatable bonds is 4. The zero-order valence-corrected chi connectivity index (χ0v) is 15.5. The molecule has 0 radical (unpaired) electrons. The Hall–Kier alpha value is -1.31. The lowest BCUT2D eigenvalue weighted by Gasteiger charge is -2.17. The first-order valence-electron chi connectivity index (χ1n) is 6.93. The third-order valence-electron chi connectivity index (χ3n) is 3.32. The molecule has 0 aliphatic heterocycles. The molecule has 0 aliphatic rings. The number of aromatic nitrogens is 2. The maximum absolute atomic E-state index is 4.58. The van der Waals surface area contributed by atoms with Crippen molar-refractivity contribution < 1.29 is 0 Å². The van der Waals surface area contributed by atoms with Gasteiger partial charge in [0.05, 0.1) is 11.0 Å². The molecule has 0 aliphatic carbocycles. The van der Waals surface area contributed by atoms with Crippen molar-refractivity contribution in [1.29, 1.82) is 0 Å². The highest BCUT2D eigenvalue weighted by atomic mass is 127. The highest BCUT2D eigenvalue weighted by Crippen LogP contribution is 2.15. The van der Waals surface area contributed by atoms with E-state index in [1.54, 1.807) is 7.05 Å². The van der Waals surface area contributed by atoms with Crippen molar-refractivity contribution in [1.82, 2.24) is 19.8 Å². The Morgan fingerprint density at radius 2 is 2.05 bits per heavy atom. The quantitative estimate of drug-likeness (QED) is 0.371. The molecule has 5 nitrogen and oxygen atoms in total. The number of fused-ring (bicyclic) bond motifs is 1. The van der Waals surface area contributed by atoms with Gasteiger partial charge in [0.25, 0.3) is 0 Å². The molecule has 0 saturated heterocycles. The van der Waals surface area contributed by atoms with Crippen molar-refractivity contribution >= 4 is 41.0 Å². The van der Waals surface area contributed by atoms with Crippen molar-refractivity contribution in [2.75, 3.05) is 27.7 Å². The number of hydrogen-bond donors (Lipinski definition) is 1. The van der Waals surface area contributed by atoms with Crippen LogP contribution >= 0.6 is 24.0 Å². The second-order valence-corrected chi connectivity index (χ2v) is 5.02. The number of aryl methyl sites for hydroxylation is 2. The average Bonchev–Trinajstić information content (AvgIpc) is 2.74. The highest BCUT2D eigenvalue weighted by Gasteiger charge is 2.06. The Labute approximate surface area is 143 Å². The largest absolute Gasteiger partial charge is 0.356 e. The number of imidazole rings is 1. The number of halogens is 1. The number of hydrogen-bond acceptors (Lipinski definition) is 2. The standard InChI is InChI=1S/C15H23N5.HI/c1-12-18-13-8-5-6-9-14(13)20(12)11-7-10-17-15(16-2)19(3)4;/h5-6,8-9H,7,10-11H2,1-4H3,(H,16,17);1H. The maximum Gasteiger partial charge on any atom is 0.193 e. The minimum atomic E-state index is 0. The van der Waals surface area contributed by atoms with Crippen molar-refractivity contribution in [3.05, 3.63) is 30.1 Å². The Morgan fingerprint density at radius 1 is 1.33 bits per heavy atom. The molecule has 0 amide bonds. The lowest BCUT2D eigenvalue weighted by Crippen LogP contribution is -2.37. The van der Waals surface area contributed by atoms with Crippen molar-refractivity contribution in [3.63, 3.8) is 0 Å². The van der Waals surface area contributed by atoms with Gasteiger partial charge in [0.2, 0.25) is 0 Å². The van der Waals surface area contributed by atoms with E-state index in [4.69, 9.17) is 0 Å². The van der Waals surface area contributed by atoms with Crippen LogP contribution in [-0.2, 0) is 6.54 Å².